The Kier molecular flexibility index (Phi) is 5.03. The second-order valence-electron chi connectivity index (χ2n) is 4.10. The zero-order chi connectivity index (χ0) is 15.6. The van der Waals surface area contributed by atoms with Crippen molar-refractivity contribution in [3.63, 3.8) is 0 Å². The molecule has 0 unspecified atom stereocenters. The van der Waals surface area contributed by atoms with Crippen molar-refractivity contribution in [2.75, 3.05) is 17.1 Å². The Hall–Kier alpha value is -0.950. The molecule has 0 spiro atoms. The fraction of sp³-hybridized carbons (Fsp3) is 0.0769. The van der Waals surface area contributed by atoms with Gasteiger partial charge in [0.2, 0.25) is 0 Å². The first-order valence-electron chi connectivity index (χ1n) is 5.79. The molecule has 0 saturated carbocycles. The molecule has 2 N–H and O–H groups in total. The van der Waals surface area contributed by atoms with Crippen LogP contribution in [-0.2, 0) is 10.0 Å². The summed E-state index contributed by atoms with van der Waals surface area (Å²) in [6, 6.07) is 9.67. The monoisotopic (exact) mass is 408 g/mol. The topological polar surface area (TPSA) is 58.2 Å². The van der Waals surface area contributed by atoms with Crippen LogP contribution in [0.3, 0.4) is 0 Å². The minimum atomic E-state index is -3.81. The van der Waals surface area contributed by atoms with E-state index in [1.807, 2.05) is 0 Å². The lowest BCUT2D eigenvalue weighted by Crippen LogP contribution is -2.15. The molecule has 0 aromatic heterocycles. The molecular formula is C13H11BrCl2N2O2S. The van der Waals surface area contributed by atoms with Crippen LogP contribution in [0.2, 0.25) is 10.0 Å². The number of rotatable bonds is 4. The molecule has 4 nitrogen and oxygen atoms in total. The molecule has 0 aliphatic rings. The van der Waals surface area contributed by atoms with Gasteiger partial charge in [-0.3, -0.25) is 4.72 Å². The molecule has 0 heterocycles. The number of anilines is 2. The zero-order valence-electron chi connectivity index (χ0n) is 10.8. The molecule has 2 aromatic rings. The summed E-state index contributed by atoms with van der Waals surface area (Å²) >= 11 is 15.3. The van der Waals surface area contributed by atoms with Gasteiger partial charge in [0.1, 0.15) is 4.90 Å². The average Bonchev–Trinajstić information content (AvgIpc) is 2.43. The normalized spacial score (nSPS) is 11.2. The summed E-state index contributed by atoms with van der Waals surface area (Å²) < 4.78 is 28.1. The average molecular weight is 410 g/mol. The van der Waals surface area contributed by atoms with E-state index in [-0.39, 0.29) is 20.6 Å². The first-order chi connectivity index (χ1) is 9.85. The third-order valence-electron chi connectivity index (χ3n) is 2.69. The van der Waals surface area contributed by atoms with Crippen molar-refractivity contribution in [3.8, 4) is 0 Å². The third kappa shape index (κ3) is 3.63. The van der Waals surface area contributed by atoms with Crippen LogP contribution in [0, 0.1) is 0 Å². The summed E-state index contributed by atoms with van der Waals surface area (Å²) in [6.07, 6.45) is 0. The molecule has 8 heteroatoms. The smallest absolute Gasteiger partial charge is 0.264 e. The van der Waals surface area contributed by atoms with E-state index < -0.39 is 10.0 Å². The zero-order valence-corrected chi connectivity index (χ0v) is 14.7. The molecule has 0 saturated heterocycles. The largest absolute Gasteiger partial charge is 0.387 e. The third-order valence-corrected chi connectivity index (χ3v) is 5.15. The van der Waals surface area contributed by atoms with Gasteiger partial charge in [-0.25, -0.2) is 8.42 Å². The highest BCUT2D eigenvalue weighted by Crippen LogP contribution is 2.35. The molecule has 0 radical (unpaired) electrons. The Morgan fingerprint density at radius 3 is 2.24 bits per heavy atom. The van der Waals surface area contributed by atoms with Gasteiger partial charge in [0.05, 0.1) is 21.4 Å². The van der Waals surface area contributed by atoms with Gasteiger partial charge < -0.3 is 5.32 Å². The molecule has 0 aliphatic carbocycles. The number of hydrogen-bond acceptors (Lipinski definition) is 3. The first-order valence-corrected chi connectivity index (χ1v) is 8.82. The van der Waals surface area contributed by atoms with Crippen LogP contribution in [0.15, 0.2) is 45.8 Å². The summed E-state index contributed by atoms with van der Waals surface area (Å²) in [7, 11) is -2.16. The Bertz CT molecular complexity index is 758. The highest BCUT2D eigenvalue weighted by molar-refractivity contribution is 9.10. The summed E-state index contributed by atoms with van der Waals surface area (Å²) in [6.45, 7) is 0. The molecule has 112 valence electrons. The number of para-hydroxylation sites is 1. The van der Waals surface area contributed by atoms with Crippen molar-refractivity contribution >= 4 is 60.5 Å². The van der Waals surface area contributed by atoms with Crippen LogP contribution in [-0.4, -0.2) is 15.5 Å². The van der Waals surface area contributed by atoms with Crippen LogP contribution < -0.4 is 10.0 Å². The van der Waals surface area contributed by atoms with Gasteiger partial charge in [0.15, 0.2) is 0 Å². The lowest BCUT2D eigenvalue weighted by atomic mass is 10.3. The maximum Gasteiger partial charge on any atom is 0.264 e. The summed E-state index contributed by atoms with van der Waals surface area (Å²) in [5.74, 6) is 0. The fourth-order valence-electron chi connectivity index (χ4n) is 1.74. The van der Waals surface area contributed by atoms with Crippen molar-refractivity contribution in [2.24, 2.45) is 0 Å². The highest BCUT2D eigenvalue weighted by atomic mass is 79.9. The molecule has 0 amide bonds. The fourth-order valence-corrected chi connectivity index (χ4v) is 4.47. The molecular weight excluding hydrogens is 399 g/mol. The summed E-state index contributed by atoms with van der Waals surface area (Å²) in [5.41, 5.74) is 0.627. The van der Waals surface area contributed by atoms with Crippen molar-refractivity contribution in [1.82, 2.24) is 0 Å². The van der Waals surface area contributed by atoms with Gasteiger partial charge in [-0.15, -0.1) is 0 Å². The van der Waals surface area contributed by atoms with Crippen LogP contribution in [0.5, 0.6) is 0 Å². The van der Waals surface area contributed by atoms with E-state index in [0.717, 1.165) is 0 Å². The van der Waals surface area contributed by atoms with Gasteiger partial charge in [-0.2, -0.15) is 0 Å². The van der Waals surface area contributed by atoms with Gasteiger partial charge >= 0.3 is 0 Å². The predicted molar refractivity (Wildman–Crippen MR) is 91.0 cm³/mol. The van der Waals surface area contributed by atoms with E-state index in [2.05, 4.69) is 26.0 Å². The maximum atomic E-state index is 12.5. The second kappa shape index (κ2) is 6.44. The van der Waals surface area contributed by atoms with E-state index >= 15 is 0 Å². The van der Waals surface area contributed by atoms with Gasteiger partial charge in [0.25, 0.3) is 10.0 Å². The van der Waals surface area contributed by atoms with Gasteiger partial charge in [-0.1, -0.05) is 51.3 Å². The van der Waals surface area contributed by atoms with Crippen molar-refractivity contribution < 1.29 is 8.42 Å². The molecule has 0 atom stereocenters. The van der Waals surface area contributed by atoms with Gasteiger partial charge in [0, 0.05) is 11.5 Å². The van der Waals surface area contributed by atoms with Crippen molar-refractivity contribution in [1.29, 1.82) is 0 Å². The Labute approximate surface area is 141 Å². The standard InChI is InChI=1S/C13H11BrCl2N2O2S/c1-17-11-4-2-3-5-12(11)21(19,20)18-13-9(15)6-8(14)7-10(13)16/h2-7,17-18H,1H3. The molecule has 0 aliphatic heterocycles. The van der Waals surface area contributed by atoms with E-state index in [1.54, 1.807) is 37.4 Å². The number of nitrogens with one attached hydrogen (secondary N) is 2. The van der Waals surface area contributed by atoms with Crippen LogP contribution in [0.25, 0.3) is 0 Å². The Balaban J connectivity index is 2.48. The van der Waals surface area contributed by atoms with E-state index in [4.69, 9.17) is 23.2 Å². The number of benzene rings is 2. The lowest BCUT2D eigenvalue weighted by molar-refractivity contribution is 0.601. The number of halogens is 3. The first kappa shape index (κ1) is 16.4. The molecule has 2 rings (SSSR count). The van der Waals surface area contributed by atoms with Crippen LogP contribution in [0.4, 0.5) is 11.4 Å². The Morgan fingerprint density at radius 1 is 1.10 bits per heavy atom. The molecule has 2 aromatic carbocycles. The minimum Gasteiger partial charge on any atom is -0.387 e. The van der Waals surface area contributed by atoms with Crippen molar-refractivity contribution in [3.05, 3.63) is 50.9 Å². The quantitative estimate of drug-likeness (QED) is 0.775. The molecule has 21 heavy (non-hydrogen) atoms. The lowest BCUT2D eigenvalue weighted by Gasteiger charge is -2.14. The predicted octanol–water partition coefficient (Wildman–Crippen LogP) is 4.60. The van der Waals surface area contributed by atoms with Gasteiger partial charge in [-0.05, 0) is 24.3 Å². The molecule has 0 bridgehead atoms. The minimum absolute atomic E-state index is 0.113. The SMILES string of the molecule is CNc1ccccc1S(=O)(=O)Nc1c(Cl)cc(Br)cc1Cl. The Morgan fingerprint density at radius 2 is 1.67 bits per heavy atom. The second-order valence-corrected chi connectivity index (χ2v) is 7.48. The maximum absolute atomic E-state index is 12.5. The molecule has 0 fully saturated rings. The van der Waals surface area contributed by atoms with E-state index in [0.29, 0.717) is 10.2 Å². The van der Waals surface area contributed by atoms with E-state index in [1.165, 1.54) is 6.07 Å². The summed E-state index contributed by atoms with van der Waals surface area (Å²) in [4.78, 5) is 0.113. The number of hydrogen-bond donors (Lipinski definition) is 2. The van der Waals surface area contributed by atoms with Crippen LogP contribution in [0.1, 0.15) is 0 Å². The van der Waals surface area contributed by atoms with E-state index in [9.17, 15) is 8.42 Å². The van der Waals surface area contributed by atoms with Crippen LogP contribution >= 0.6 is 39.1 Å². The number of sulfonamides is 1. The van der Waals surface area contributed by atoms with Crippen molar-refractivity contribution in [2.45, 2.75) is 4.90 Å². The summed E-state index contributed by atoms with van der Waals surface area (Å²) in [5, 5.41) is 3.25. The highest BCUT2D eigenvalue weighted by Gasteiger charge is 2.20.